The van der Waals surface area contributed by atoms with Crippen molar-refractivity contribution in [3.05, 3.63) is 80.3 Å². The van der Waals surface area contributed by atoms with Gasteiger partial charge in [-0.05, 0) is 42.5 Å². The summed E-state index contributed by atoms with van der Waals surface area (Å²) >= 11 is 11.9. The molecule has 2 N–H and O–H groups in total. The molecule has 0 heterocycles. The number of nitrogens with zero attached hydrogens (tertiary/aromatic N) is 1. The van der Waals surface area contributed by atoms with Crippen molar-refractivity contribution in [1.82, 2.24) is 0 Å². The topological polar surface area (TPSA) is 137 Å². The van der Waals surface area contributed by atoms with Crippen molar-refractivity contribution >= 4 is 56.2 Å². The molecular weight excluding hydrogens is 509 g/mol. The highest BCUT2D eigenvalue weighted by Crippen LogP contribution is 2.38. The monoisotopic (exact) mass is 525 g/mol. The summed E-state index contributed by atoms with van der Waals surface area (Å²) in [6, 6.07) is 11.8. The highest BCUT2D eigenvalue weighted by molar-refractivity contribution is 7.92. The predicted molar refractivity (Wildman–Crippen MR) is 128 cm³/mol. The molecule has 0 radical (unpaired) electrons. The lowest BCUT2D eigenvalue weighted by atomic mass is 10.1. The van der Waals surface area contributed by atoms with E-state index in [1.165, 1.54) is 62.8 Å². The number of nitrogens with one attached hydrogen (secondary N) is 2. The number of hydrogen-bond acceptors (Lipinski definition) is 7. The average molecular weight is 526 g/mol. The molecule has 3 rings (SSSR count). The van der Waals surface area contributed by atoms with Crippen molar-refractivity contribution in [3.8, 4) is 11.5 Å². The number of hydrogen-bond donors (Lipinski definition) is 2. The van der Waals surface area contributed by atoms with E-state index in [0.717, 1.165) is 6.07 Å². The molecular formula is C21H17Cl2N3O7S. The van der Waals surface area contributed by atoms with E-state index in [9.17, 15) is 23.3 Å². The standard InChI is InChI=1S/C21H17Cl2N3O7S/c1-32-19-11-18(26(28)29)20(33-2)10-17(19)24-21(27)15-9-13(23)5-8-16(15)25-34(30,31)14-6-3-12(22)4-7-14/h3-11,25H,1-2H3,(H,24,27). The number of benzene rings is 3. The first-order valence-corrected chi connectivity index (χ1v) is 11.6. The maximum absolute atomic E-state index is 13.1. The third-order valence-corrected chi connectivity index (χ3v) is 6.41. The van der Waals surface area contributed by atoms with Crippen LogP contribution < -0.4 is 19.5 Å². The van der Waals surface area contributed by atoms with E-state index in [1.807, 2.05) is 0 Å². The van der Waals surface area contributed by atoms with Crippen LogP contribution in [0.3, 0.4) is 0 Å². The van der Waals surface area contributed by atoms with Gasteiger partial charge in [-0.2, -0.15) is 0 Å². The van der Waals surface area contributed by atoms with Gasteiger partial charge in [-0.1, -0.05) is 23.2 Å². The molecule has 3 aromatic carbocycles. The maximum atomic E-state index is 13.1. The minimum atomic E-state index is -4.06. The van der Waals surface area contributed by atoms with Crippen LogP contribution in [0.25, 0.3) is 0 Å². The molecule has 0 saturated heterocycles. The normalized spacial score (nSPS) is 10.9. The summed E-state index contributed by atoms with van der Waals surface area (Å²) < 4.78 is 38.1. The zero-order valence-corrected chi connectivity index (χ0v) is 20.0. The molecule has 0 saturated carbocycles. The van der Waals surface area contributed by atoms with E-state index >= 15 is 0 Å². The number of sulfonamides is 1. The quantitative estimate of drug-likeness (QED) is 0.312. The van der Waals surface area contributed by atoms with Gasteiger partial charge in [0.05, 0.1) is 47.0 Å². The third-order valence-electron chi connectivity index (χ3n) is 4.54. The van der Waals surface area contributed by atoms with Gasteiger partial charge in [0.1, 0.15) is 5.75 Å². The van der Waals surface area contributed by atoms with Crippen LogP contribution in [0.2, 0.25) is 10.0 Å². The van der Waals surface area contributed by atoms with Gasteiger partial charge < -0.3 is 14.8 Å². The Balaban J connectivity index is 1.98. The number of carbonyl (C=O) groups is 1. The lowest BCUT2D eigenvalue weighted by molar-refractivity contribution is -0.385. The molecule has 0 aliphatic heterocycles. The van der Waals surface area contributed by atoms with Crippen molar-refractivity contribution in [2.45, 2.75) is 4.90 Å². The Kier molecular flexibility index (Phi) is 7.50. The van der Waals surface area contributed by atoms with Gasteiger partial charge in [-0.3, -0.25) is 19.6 Å². The largest absolute Gasteiger partial charge is 0.494 e. The Bertz CT molecular complexity index is 1360. The minimum absolute atomic E-state index is 0.00817. The fourth-order valence-corrected chi connectivity index (χ4v) is 4.30. The Morgan fingerprint density at radius 1 is 0.912 bits per heavy atom. The molecule has 0 aromatic heterocycles. The first-order chi connectivity index (χ1) is 16.1. The average Bonchev–Trinajstić information content (AvgIpc) is 2.79. The molecule has 1 amide bonds. The Morgan fingerprint density at radius 2 is 1.53 bits per heavy atom. The van der Waals surface area contributed by atoms with Crippen LogP contribution in [-0.4, -0.2) is 33.5 Å². The number of halogens is 2. The first-order valence-electron chi connectivity index (χ1n) is 9.35. The van der Waals surface area contributed by atoms with Gasteiger partial charge in [-0.15, -0.1) is 0 Å². The Hall–Kier alpha value is -3.54. The van der Waals surface area contributed by atoms with Crippen molar-refractivity contribution < 1.29 is 27.6 Å². The number of nitro benzene ring substituents is 1. The number of ether oxygens (including phenoxy) is 2. The second-order valence-corrected chi connectivity index (χ2v) is 9.24. The van der Waals surface area contributed by atoms with Crippen LogP contribution in [0, 0.1) is 10.1 Å². The lowest BCUT2D eigenvalue weighted by Crippen LogP contribution is -2.19. The predicted octanol–water partition coefficient (Wildman–Crippen LogP) is 4.97. The van der Waals surface area contributed by atoms with Crippen molar-refractivity contribution in [2.24, 2.45) is 0 Å². The zero-order valence-electron chi connectivity index (χ0n) is 17.7. The summed E-state index contributed by atoms with van der Waals surface area (Å²) in [6.07, 6.45) is 0. The number of methoxy groups -OCH3 is 2. The highest BCUT2D eigenvalue weighted by atomic mass is 35.5. The van der Waals surface area contributed by atoms with E-state index in [0.29, 0.717) is 5.02 Å². The molecule has 10 nitrogen and oxygen atoms in total. The van der Waals surface area contributed by atoms with Gasteiger partial charge in [0.2, 0.25) is 0 Å². The van der Waals surface area contributed by atoms with Crippen LogP contribution in [0.1, 0.15) is 10.4 Å². The second-order valence-electron chi connectivity index (χ2n) is 6.68. The smallest absolute Gasteiger partial charge is 0.314 e. The van der Waals surface area contributed by atoms with Gasteiger partial charge in [0, 0.05) is 16.1 Å². The lowest BCUT2D eigenvalue weighted by Gasteiger charge is -2.15. The molecule has 34 heavy (non-hydrogen) atoms. The van der Waals surface area contributed by atoms with Crippen molar-refractivity contribution in [1.29, 1.82) is 0 Å². The number of anilines is 2. The Morgan fingerprint density at radius 3 is 2.12 bits per heavy atom. The van der Waals surface area contributed by atoms with Crippen LogP contribution in [-0.2, 0) is 10.0 Å². The summed E-state index contributed by atoms with van der Waals surface area (Å²) in [6.45, 7) is 0. The summed E-state index contributed by atoms with van der Waals surface area (Å²) in [5.74, 6) is -0.882. The zero-order chi connectivity index (χ0) is 25.0. The Labute approximate surface area is 204 Å². The number of amides is 1. The van der Waals surface area contributed by atoms with E-state index in [4.69, 9.17) is 32.7 Å². The SMILES string of the molecule is COc1cc([N+](=O)[O-])c(OC)cc1NC(=O)c1cc(Cl)ccc1NS(=O)(=O)c1ccc(Cl)cc1. The van der Waals surface area contributed by atoms with E-state index in [-0.39, 0.29) is 44.0 Å². The molecule has 0 spiro atoms. The van der Waals surface area contributed by atoms with Gasteiger partial charge in [0.25, 0.3) is 15.9 Å². The molecule has 178 valence electrons. The minimum Gasteiger partial charge on any atom is -0.494 e. The highest BCUT2D eigenvalue weighted by Gasteiger charge is 2.23. The first kappa shape index (κ1) is 25.1. The summed E-state index contributed by atoms with van der Waals surface area (Å²) in [7, 11) is -1.55. The number of rotatable bonds is 8. The fourth-order valence-electron chi connectivity index (χ4n) is 2.92. The van der Waals surface area contributed by atoms with Gasteiger partial charge in [-0.25, -0.2) is 8.42 Å². The van der Waals surface area contributed by atoms with Gasteiger partial charge in [0.15, 0.2) is 5.75 Å². The van der Waals surface area contributed by atoms with E-state index in [2.05, 4.69) is 10.0 Å². The molecule has 0 aliphatic carbocycles. The van der Waals surface area contributed by atoms with Gasteiger partial charge >= 0.3 is 5.69 Å². The molecule has 13 heteroatoms. The maximum Gasteiger partial charge on any atom is 0.314 e. The van der Waals surface area contributed by atoms with Crippen LogP contribution in [0.4, 0.5) is 17.1 Å². The molecule has 0 aliphatic rings. The van der Waals surface area contributed by atoms with Crippen molar-refractivity contribution in [2.75, 3.05) is 24.3 Å². The molecule has 0 bridgehead atoms. The molecule has 3 aromatic rings. The summed E-state index contributed by atoms with van der Waals surface area (Å²) in [5.41, 5.74) is -0.466. The third kappa shape index (κ3) is 5.50. The second kappa shape index (κ2) is 10.2. The van der Waals surface area contributed by atoms with Crippen LogP contribution >= 0.6 is 23.2 Å². The summed E-state index contributed by atoms with van der Waals surface area (Å²) in [4.78, 5) is 23.6. The fraction of sp³-hybridized carbons (Fsp3) is 0.0952. The number of carbonyl (C=O) groups excluding carboxylic acids is 1. The van der Waals surface area contributed by atoms with Crippen molar-refractivity contribution in [3.63, 3.8) is 0 Å². The molecule has 0 unspecified atom stereocenters. The number of nitro groups is 1. The summed E-state index contributed by atoms with van der Waals surface area (Å²) in [5, 5.41) is 14.3. The van der Waals surface area contributed by atoms with Crippen LogP contribution in [0.15, 0.2) is 59.5 Å². The van der Waals surface area contributed by atoms with E-state index in [1.54, 1.807) is 0 Å². The molecule has 0 fully saturated rings. The van der Waals surface area contributed by atoms with Crippen LogP contribution in [0.5, 0.6) is 11.5 Å². The molecule has 0 atom stereocenters. The van der Waals surface area contributed by atoms with E-state index < -0.39 is 20.9 Å².